The maximum atomic E-state index is 12.4. The summed E-state index contributed by atoms with van der Waals surface area (Å²) in [5.41, 5.74) is 0.834. The molecule has 0 radical (unpaired) electrons. The summed E-state index contributed by atoms with van der Waals surface area (Å²) < 4.78 is 0. The van der Waals surface area contributed by atoms with E-state index in [0.717, 1.165) is 12.8 Å². The molecule has 1 unspecified atom stereocenters. The summed E-state index contributed by atoms with van der Waals surface area (Å²) in [4.78, 5) is 22.8. The molecule has 0 spiro atoms. The molecular formula is C15H21N3O3. The van der Waals surface area contributed by atoms with E-state index in [4.69, 9.17) is 0 Å². The first-order chi connectivity index (χ1) is 10.0. The number of carbonyl (C=O) groups is 1. The number of rotatable bonds is 5. The minimum absolute atomic E-state index is 0.0762. The number of hydrogen-bond donors (Lipinski definition) is 2. The van der Waals surface area contributed by atoms with E-state index in [0.29, 0.717) is 17.2 Å². The van der Waals surface area contributed by atoms with Crippen LogP contribution in [0.15, 0.2) is 18.2 Å². The van der Waals surface area contributed by atoms with Crippen LogP contribution in [0, 0.1) is 16.0 Å². The summed E-state index contributed by atoms with van der Waals surface area (Å²) in [7, 11) is 1.69. The van der Waals surface area contributed by atoms with Gasteiger partial charge in [-0.05, 0) is 31.7 Å². The number of non-ortho nitro benzene ring substituents is 1. The predicted molar refractivity (Wildman–Crippen MR) is 81.5 cm³/mol. The smallest absolute Gasteiger partial charge is 0.270 e. The van der Waals surface area contributed by atoms with Gasteiger partial charge in [0.15, 0.2) is 0 Å². The first-order valence-electron chi connectivity index (χ1n) is 7.30. The Hall–Kier alpha value is -2.11. The fourth-order valence-corrected chi connectivity index (χ4v) is 2.91. The number of nitro benzene ring substituents is 1. The topological polar surface area (TPSA) is 84.3 Å². The third kappa shape index (κ3) is 3.51. The van der Waals surface area contributed by atoms with Crippen molar-refractivity contribution in [2.75, 3.05) is 12.4 Å². The standard InChI is InChI=1S/C15H21N3O3/c1-10(11-5-3-4-6-11)17-15(19)13-9-12(18(20)21)7-8-14(13)16-2/h7-11,16H,3-6H2,1-2H3,(H,17,19). The first-order valence-corrected chi connectivity index (χ1v) is 7.30. The third-order valence-electron chi connectivity index (χ3n) is 4.19. The van der Waals surface area contributed by atoms with Crippen LogP contribution in [-0.4, -0.2) is 23.9 Å². The molecule has 1 atom stereocenters. The highest BCUT2D eigenvalue weighted by Gasteiger charge is 2.24. The molecule has 1 saturated carbocycles. The molecule has 0 saturated heterocycles. The average Bonchev–Trinajstić information content (AvgIpc) is 3.00. The molecule has 1 aliphatic rings. The molecule has 1 aromatic carbocycles. The molecule has 1 amide bonds. The molecule has 0 heterocycles. The zero-order valence-electron chi connectivity index (χ0n) is 12.4. The maximum absolute atomic E-state index is 12.4. The molecule has 2 rings (SSSR count). The van der Waals surface area contributed by atoms with Crippen molar-refractivity contribution in [2.24, 2.45) is 5.92 Å². The molecule has 0 bridgehead atoms. The molecule has 1 aliphatic carbocycles. The third-order valence-corrected chi connectivity index (χ3v) is 4.19. The molecule has 114 valence electrons. The number of hydrogen-bond acceptors (Lipinski definition) is 4. The SMILES string of the molecule is CNc1ccc([N+](=O)[O-])cc1C(=O)NC(C)C1CCCC1. The Morgan fingerprint density at radius 2 is 2.05 bits per heavy atom. The number of nitro groups is 1. The number of nitrogens with one attached hydrogen (secondary N) is 2. The summed E-state index contributed by atoms with van der Waals surface area (Å²) in [5, 5.41) is 16.7. The zero-order valence-corrected chi connectivity index (χ0v) is 12.4. The van der Waals surface area contributed by atoms with Gasteiger partial charge in [-0.2, -0.15) is 0 Å². The minimum Gasteiger partial charge on any atom is -0.387 e. The van der Waals surface area contributed by atoms with Crippen molar-refractivity contribution >= 4 is 17.3 Å². The first kappa shape index (κ1) is 15.3. The fourth-order valence-electron chi connectivity index (χ4n) is 2.91. The summed E-state index contributed by atoms with van der Waals surface area (Å²) in [6, 6.07) is 4.36. The van der Waals surface area contributed by atoms with Crippen molar-refractivity contribution in [3.8, 4) is 0 Å². The number of nitrogens with zero attached hydrogens (tertiary/aromatic N) is 1. The van der Waals surface area contributed by atoms with E-state index >= 15 is 0 Å². The van der Waals surface area contributed by atoms with Crippen LogP contribution in [0.3, 0.4) is 0 Å². The molecular weight excluding hydrogens is 270 g/mol. The number of carbonyl (C=O) groups excluding carboxylic acids is 1. The van der Waals surface area contributed by atoms with E-state index in [1.807, 2.05) is 6.92 Å². The van der Waals surface area contributed by atoms with Crippen LogP contribution in [0.2, 0.25) is 0 Å². The van der Waals surface area contributed by atoms with E-state index in [2.05, 4.69) is 10.6 Å². The van der Waals surface area contributed by atoms with Gasteiger partial charge in [0.1, 0.15) is 0 Å². The van der Waals surface area contributed by atoms with Crippen LogP contribution in [0.1, 0.15) is 43.0 Å². The summed E-state index contributed by atoms with van der Waals surface area (Å²) in [6.45, 7) is 2.00. The van der Waals surface area contributed by atoms with Crippen molar-refractivity contribution in [3.63, 3.8) is 0 Å². The lowest BCUT2D eigenvalue weighted by atomic mass is 9.99. The van der Waals surface area contributed by atoms with E-state index in [1.165, 1.54) is 25.0 Å². The Kier molecular flexibility index (Phi) is 4.77. The van der Waals surface area contributed by atoms with E-state index < -0.39 is 4.92 Å². The van der Waals surface area contributed by atoms with Crippen molar-refractivity contribution < 1.29 is 9.72 Å². The van der Waals surface area contributed by atoms with E-state index in [9.17, 15) is 14.9 Å². The van der Waals surface area contributed by atoms with Gasteiger partial charge in [-0.1, -0.05) is 12.8 Å². The average molecular weight is 291 g/mol. The second kappa shape index (κ2) is 6.56. The largest absolute Gasteiger partial charge is 0.387 e. The lowest BCUT2D eigenvalue weighted by molar-refractivity contribution is -0.384. The molecule has 2 N–H and O–H groups in total. The molecule has 0 aliphatic heterocycles. The van der Waals surface area contributed by atoms with Gasteiger partial charge in [-0.3, -0.25) is 14.9 Å². The number of benzene rings is 1. The van der Waals surface area contributed by atoms with Crippen molar-refractivity contribution in [3.05, 3.63) is 33.9 Å². The van der Waals surface area contributed by atoms with Gasteiger partial charge in [-0.25, -0.2) is 0 Å². The van der Waals surface area contributed by atoms with Gasteiger partial charge in [0.2, 0.25) is 0 Å². The molecule has 6 nitrogen and oxygen atoms in total. The van der Waals surface area contributed by atoms with Crippen molar-refractivity contribution in [2.45, 2.75) is 38.6 Å². The van der Waals surface area contributed by atoms with Gasteiger partial charge in [0.05, 0.1) is 10.5 Å². The Bertz CT molecular complexity index is 539. The van der Waals surface area contributed by atoms with Gasteiger partial charge in [-0.15, -0.1) is 0 Å². The zero-order chi connectivity index (χ0) is 15.4. The fraction of sp³-hybridized carbons (Fsp3) is 0.533. The van der Waals surface area contributed by atoms with Gasteiger partial charge in [0.25, 0.3) is 11.6 Å². The number of amides is 1. The van der Waals surface area contributed by atoms with E-state index in [1.54, 1.807) is 13.1 Å². The van der Waals surface area contributed by atoms with Crippen LogP contribution in [-0.2, 0) is 0 Å². The molecule has 1 fully saturated rings. The molecule has 0 aromatic heterocycles. The van der Waals surface area contributed by atoms with Gasteiger partial charge >= 0.3 is 0 Å². The number of anilines is 1. The molecule has 1 aromatic rings. The van der Waals surface area contributed by atoms with Crippen LogP contribution in [0.25, 0.3) is 0 Å². The quantitative estimate of drug-likeness (QED) is 0.645. The minimum atomic E-state index is -0.489. The second-order valence-corrected chi connectivity index (χ2v) is 5.54. The lowest BCUT2D eigenvalue weighted by Gasteiger charge is -2.21. The lowest BCUT2D eigenvalue weighted by Crippen LogP contribution is -2.37. The highest BCUT2D eigenvalue weighted by Crippen LogP contribution is 2.28. The Morgan fingerprint density at radius 1 is 1.38 bits per heavy atom. The highest BCUT2D eigenvalue weighted by molar-refractivity contribution is 6.00. The van der Waals surface area contributed by atoms with Crippen LogP contribution < -0.4 is 10.6 Å². The normalized spacial score (nSPS) is 16.5. The molecule has 6 heteroatoms. The van der Waals surface area contributed by atoms with Crippen molar-refractivity contribution in [1.82, 2.24) is 5.32 Å². The monoisotopic (exact) mass is 291 g/mol. The Balaban J connectivity index is 2.16. The van der Waals surface area contributed by atoms with E-state index in [-0.39, 0.29) is 17.6 Å². The van der Waals surface area contributed by atoms with Crippen molar-refractivity contribution in [1.29, 1.82) is 0 Å². The Morgan fingerprint density at radius 3 is 2.62 bits per heavy atom. The molecule has 21 heavy (non-hydrogen) atoms. The van der Waals surface area contributed by atoms with Crippen LogP contribution in [0.5, 0.6) is 0 Å². The Labute approximate surface area is 124 Å². The summed E-state index contributed by atoms with van der Waals surface area (Å²) >= 11 is 0. The predicted octanol–water partition coefficient (Wildman–Crippen LogP) is 2.95. The van der Waals surface area contributed by atoms with Gasteiger partial charge < -0.3 is 10.6 Å². The maximum Gasteiger partial charge on any atom is 0.270 e. The summed E-state index contributed by atoms with van der Waals surface area (Å²) in [5.74, 6) is 0.244. The summed E-state index contributed by atoms with van der Waals surface area (Å²) in [6.07, 6.45) is 4.69. The van der Waals surface area contributed by atoms with Crippen LogP contribution in [0.4, 0.5) is 11.4 Å². The van der Waals surface area contributed by atoms with Crippen LogP contribution >= 0.6 is 0 Å². The van der Waals surface area contributed by atoms with Gasteiger partial charge in [0, 0.05) is 30.9 Å². The highest BCUT2D eigenvalue weighted by atomic mass is 16.6. The second-order valence-electron chi connectivity index (χ2n) is 5.54.